The first-order valence-electron chi connectivity index (χ1n) is 5.71. The molecule has 3 nitrogen and oxygen atoms in total. The number of nitrogens with zero attached hydrogens (tertiary/aromatic N) is 2. The number of halogens is 1. The summed E-state index contributed by atoms with van der Waals surface area (Å²) < 4.78 is 3.14. The lowest BCUT2D eigenvalue weighted by atomic mass is 10.1. The van der Waals surface area contributed by atoms with Crippen molar-refractivity contribution in [2.45, 2.75) is 45.8 Å². The van der Waals surface area contributed by atoms with Crippen molar-refractivity contribution in [3.05, 3.63) is 27.5 Å². The molecule has 2 rings (SSSR count). The minimum Gasteiger partial charge on any atom is -0.389 e. The van der Waals surface area contributed by atoms with Gasteiger partial charge >= 0.3 is 0 Å². The summed E-state index contributed by atoms with van der Waals surface area (Å²) in [4.78, 5) is 0. The number of hydrogen-bond donors (Lipinski definition) is 1. The first-order valence-corrected chi connectivity index (χ1v) is 6.50. The van der Waals surface area contributed by atoms with Gasteiger partial charge < -0.3 is 5.11 Å². The fourth-order valence-electron chi connectivity index (χ4n) is 2.17. The quantitative estimate of drug-likeness (QED) is 0.867. The smallest absolute Gasteiger partial charge is 0.0738 e. The van der Waals surface area contributed by atoms with E-state index < -0.39 is 0 Å². The zero-order chi connectivity index (χ0) is 11.7. The number of aryl methyl sites for hydroxylation is 2. The van der Waals surface area contributed by atoms with Gasteiger partial charge in [0.15, 0.2) is 0 Å². The fourth-order valence-corrected chi connectivity index (χ4v) is 2.60. The van der Waals surface area contributed by atoms with Gasteiger partial charge in [-0.05, 0) is 42.6 Å². The number of aromatic nitrogens is 2. The summed E-state index contributed by atoms with van der Waals surface area (Å²) in [5.74, 6) is 0. The van der Waals surface area contributed by atoms with Crippen LogP contribution < -0.4 is 0 Å². The lowest BCUT2D eigenvalue weighted by Gasteiger charge is -2.05. The lowest BCUT2D eigenvalue weighted by Crippen LogP contribution is -2.03. The molecule has 1 N–H and O–H groups in total. The molecular weight excluding hydrogens is 268 g/mol. The average molecular weight is 285 g/mol. The Morgan fingerprint density at radius 2 is 2.38 bits per heavy atom. The summed E-state index contributed by atoms with van der Waals surface area (Å²) in [7, 11) is 0. The summed E-state index contributed by atoms with van der Waals surface area (Å²) in [6.45, 7) is 5.00. The Bertz CT molecular complexity index is 423. The topological polar surface area (TPSA) is 38.0 Å². The van der Waals surface area contributed by atoms with Crippen LogP contribution in [0.15, 0.2) is 16.1 Å². The summed E-state index contributed by atoms with van der Waals surface area (Å²) in [5, 5.41) is 13.9. The zero-order valence-corrected chi connectivity index (χ0v) is 11.3. The van der Waals surface area contributed by atoms with E-state index in [1.807, 2.05) is 17.7 Å². The molecule has 0 spiro atoms. The molecule has 0 fully saturated rings. The fraction of sp³-hybridized carbons (Fsp3) is 0.583. The molecular formula is C12H17BrN2O. The molecule has 1 unspecified atom stereocenters. The van der Waals surface area contributed by atoms with Gasteiger partial charge in [-0.25, -0.2) is 0 Å². The van der Waals surface area contributed by atoms with E-state index >= 15 is 0 Å². The highest BCUT2D eigenvalue weighted by atomic mass is 79.9. The molecule has 1 aliphatic rings. The van der Waals surface area contributed by atoms with Crippen LogP contribution in [0, 0.1) is 6.92 Å². The van der Waals surface area contributed by atoms with Gasteiger partial charge in [-0.1, -0.05) is 11.6 Å². The van der Waals surface area contributed by atoms with E-state index in [0.29, 0.717) is 0 Å². The second-order valence-corrected chi connectivity index (χ2v) is 5.06. The molecule has 0 bridgehead atoms. The monoisotopic (exact) mass is 284 g/mol. The standard InChI is InChI=1S/C12H17BrN2O/c1-3-15-11(12(13)8(2)14-15)7-9-4-5-10(16)6-9/h6,10,16H,3-5,7H2,1-2H3. The summed E-state index contributed by atoms with van der Waals surface area (Å²) in [5.41, 5.74) is 3.58. The van der Waals surface area contributed by atoms with E-state index in [4.69, 9.17) is 0 Å². The van der Waals surface area contributed by atoms with Gasteiger partial charge in [-0.2, -0.15) is 5.10 Å². The highest BCUT2D eigenvalue weighted by molar-refractivity contribution is 9.10. The van der Waals surface area contributed by atoms with E-state index in [1.54, 1.807) is 0 Å². The van der Waals surface area contributed by atoms with Crippen LogP contribution in [0.4, 0.5) is 0 Å². The molecule has 0 saturated carbocycles. The van der Waals surface area contributed by atoms with Crippen LogP contribution in [0.25, 0.3) is 0 Å². The first kappa shape index (κ1) is 11.9. The Labute approximate surface area is 104 Å². The molecule has 1 aliphatic carbocycles. The van der Waals surface area contributed by atoms with Crippen molar-refractivity contribution >= 4 is 15.9 Å². The highest BCUT2D eigenvalue weighted by Gasteiger charge is 2.18. The maximum Gasteiger partial charge on any atom is 0.0738 e. The minimum atomic E-state index is -0.243. The van der Waals surface area contributed by atoms with Gasteiger partial charge in [-0.3, -0.25) is 4.68 Å². The van der Waals surface area contributed by atoms with Crippen molar-refractivity contribution in [2.24, 2.45) is 0 Å². The maximum atomic E-state index is 9.47. The Hall–Kier alpha value is -0.610. The molecule has 16 heavy (non-hydrogen) atoms. The minimum absolute atomic E-state index is 0.243. The normalized spacial score (nSPS) is 20.2. The largest absolute Gasteiger partial charge is 0.389 e. The number of aliphatic hydroxyl groups is 1. The van der Waals surface area contributed by atoms with Crippen LogP contribution in [0.1, 0.15) is 31.2 Å². The summed E-state index contributed by atoms with van der Waals surface area (Å²) >= 11 is 3.59. The molecule has 88 valence electrons. The Morgan fingerprint density at radius 1 is 1.62 bits per heavy atom. The summed E-state index contributed by atoms with van der Waals surface area (Å²) in [6, 6.07) is 0. The average Bonchev–Trinajstić information content (AvgIpc) is 2.77. The molecule has 0 aliphatic heterocycles. The van der Waals surface area contributed by atoms with Crippen molar-refractivity contribution in [1.29, 1.82) is 0 Å². The van der Waals surface area contributed by atoms with Crippen LogP contribution in [0.5, 0.6) is 0 Å². The maximum absolute atomic E-state index is 9.47. The van der Waals surface area contributed by atoms with E-state index in [0.717, 1.165) is 36.0 Å². The molecule has 0 amide bonds. The number of hydrogen-bond acceptors (Lipinski definition) is 2. The molecule has 0 radical (unpaired) electrons. The van der Waals surface area contributed by atoms with Crippen molar-refractivity contribution in [3.8, 4) is 0 Å². The lowest BCUT2D eigenvalue weighted by molar-refractivity contribution is 0.223. The van der Waals surface area contributed by atoms with Gasteiger partial charge in [0.25, 0.3) is 0 Å². The second kappa shape index (κ2) is 4.72. The number of aliphatic hydroxyl groups excluding tert-OH is 1. The zero-order valence-electron chi connectivity index (χ0n) is 9.70. The van der Waals surface area contributed by atoms with Gasteiger partial charge in [-0.15, -0.1) is 0 Å². The molecule has 1 heterocycles. The van der Waals surface area contributed by atoms with Crippen LogP contribution in [0.3, 0.4) is 0 Å². The number of rotatable bonds is 3. The Kier molecular flexibility index (Phi) is 3.50. The molecule has 1 aromatic rings. The van der Waals surface area contributed by atoms with E-state index in [2.05, 4.69) is 28.0 Å². The molecule has 1 atom stereocenters. The van der Waals surface area contributed by atoms with Gasteiger partial charge in [0, 0.05) is 13.0 Å². The second-order valence-electron chi connectivity index (χ2n) is 4.27. The van der Waals surface area contributed by atoms with Crippen molar-refractivity contribution < 1.29 is 5.11 Å². The third kappa shape index (κ3) is 2.23. The van der Waals surface area contributed by atoms with E-state index in [9.17, 15) is 5.11 Å². The predicted molar refractivity (Wildman–Crippen MR) is 67.4 cm³/mol. The van der Waals surface area contributed by atoms with Crippen LogP contribution >= 0.6 is 15.9 Å². The SMILES string of the molecule is CCn1nc(C)c(Br)c1CC1=CC(O)CC1. The van der Waals surface area contributed by atoms with Gasteiger partial charge in [0.1, 0.15) is 0 Å². The van der Waals surface area contributed by atoms with Gasteiger partial charge in [0.2, 0.25) is 0 Å². The third-order valence-electron chi connectivity index (χ3n) is 3.04. The van der Waals surface area contributed by atoms with Crippen molar-refractivity contribution in [2.75, 3.05) is 0 Å². The molecule has 1 aromatic heterocycles. The predicted octanol–water partition coefficient (Wildman–Crippen LogP) is 2.60. The molecule has 0 aromatic carbocycles. The molecule has 0 saturated heterocycles. The highest BCUT2D eigenvalue weighted by Crippen LogP contribution is 2.27. The molecule has 4 heteroatoms. The van der Waals surface area contributed by atoms with Crippen LogP contribution in [0.2, 0.25) is 0 Å². The van der Waals surface area contributed by atoms with Crippen LogP contribution in [-0.2, 0) is 13.0 Å². The Balaban J connectivity index is 2.23. The third-order valence-corrected chi connectivity index (χ3v) is 4.07. The number of allylic oxidation sites excluding steroid dienone is 1. The first-order chi connectivity index (χ1) is 7.61. The summed E-state index contributed by atoms with van der Waals surface area (Å²) in [6.07, 6.45) is 4.50. The van der Waals surface area contributed by atoms with E-state index in [1.165, 1.54) is 11.3 Å². The van der Waals surface area contributed by atoms with Crippen molar-refractivity contribution in [3.63, 3.8) is 0 Å². The van der Waals surface area contributed by atoms with Crippen molar-refractivity contribution in [1.82, 2.24) is 9.78 Å². The van der Waals surface area contributed by atoms with E-state index in [-0.39, 0.29) is 6.10 Å². The Morgan fingerprint density at radius 3 is 2.94 bits per heavy atom. The van der Waals surface area contributed by atoms with Gasteiger partial charge in [0.05, 0.1) is 22.0 Å². The van der Waals surface area contributed by atoms with Crippen LogP contribution in [-0.4, -0.2) is 21.0 Å².